The summed E-state index contributed by atoms with van der Waals surface area (Å²) in [6, 6.07) is 6.86. The molecule has 0 aliphatic heterocycles. The van der Waals surface area contributed by atoms with E-state index < -0.39 is 27.3 Å². The number of hydrogen-bond donors (Lipinski definition) is 1. The number of halogens is 4. The number of rotatable bonds is 9. The van der Waals surface area contributed by atoms with Gasteiger partial charge in [0.15, 0.2) is 0 Å². The second-order valence-corrected chi connectivity index (χ2v) is 10.6. The molecule has 2 aromatic heterocycles. The molecule has 0 unspecified atom stereocenters. The van der Waals surface area contributed by atoms with Crippen LogP contribution < -0.4 is 9.62 Å². The normalized spacial score (nSPS) is 12.2. The Hall–Kier alpha value is -2.80. The first-order valence-electron chi connectivity index (χ1n) is 10.5. The number of carbonyl (C=O) groups is 1. The number of benzene rings is 1. The minimum absolute atomic E-state index is 0.0161. The van der Waals surface area contributed by atoms with Gasteiger partial charge in [-0.15, -0.1) is 0 Å². The fraction of sp³-hybridized carbons (Fsp3) is 0.364. The lowest BCUT2D eigenvalue weighted by Crippen LogP contribution is -2.33. The molecule has 0 saturated carbocycles. The lowest BCUT2D eigenvalue weighted by Gasteiger charge is -2.23. The number of aromatic nitrogens is 1. The number of amides is 1. The molecule has 13 heteroatoms. The molecule has 1 aromatic carbocycles. The number of nitrogens with zero attached hydrogens (tertiary/aromatic N) is 2. The van der Waals surface area contributed by atoms with Crippen molar-refractivity contribution in [2.45, 2.75) is 25.3 Å². The van der Waals surface area contributed by atoms with Crippen molar-refractivity contribution in [3.05, 3.63) is 47.3 Å². The maximum absolute atomic E-state index is 13.4. The molecule has 0 aliphatic carbocycles. The van der Waals surface area contributed by atoms with Crippen LogP contribution in [0.2, 0.25) is 0 Å². The molecule has 0 spiro atoms. The molecule has 0 saturated heterocycles. The zero-order valence-corrected chi connectivity index (χ0v) is 20.7. The van der Waals surface area contributed by atoms with Gasteiger partial charge < -0.3 is 9.73 Å². The minimum atomic E-state index is -4.41. The predicted octanol–water partition coefficient (Wildman–Crippen LogP) is 4.97. The zero-order valence-electron chi connectivity index (χ0n) is 19.1. The van der Waals surface area contributed by atoms with Gasteiger partial charge in [0.05, 0.1) is 17.2 Å². The van der Waals surface area contributed by atoms with E-state index >= 15 is 0 Å². The van der Waals surface area contributed by atoms with Crippen molar-refractivity contribution in [3.63, 3.8) is 0 Å². The van der Waals surface area contributed by atoms with Gasteiger partial charge in [-0.1, -0.05) is 18.7 Å². The van der Waals surface area contributed by atoms with Crippen molar-refractivity contribution < 1.29 is 35.2 Å². The maximum atomic E-state index is 13.4. The smallest absolute Gasteiger partial charge is 0.437 e. The molecule has 35 heavy (non-hydrogen) atoms. The molecule has 2 heterocycles. The minimum Gasteiger partial charge on any atom is -0.437 e. The van der Waals surface area contributed by atoms with Crippen molar-refractivity contribution in [1.29, 1.82) is 0 Å². The summed E-state index contributed by atoms with van der Waals surface area (Å²) in [6.45, 7) is 1.54. The van der Waals surface area contributed by atoms with Crippen LogP contribution in [-0.2, 0) is 16.4 Å². The van der Waals surface area contributed by atoms with Gasteiger partial charge >= 0.3 is 5.51 Å². The molecule has 3 rings (SSSR count). The van der Waals surface area contributed by atoms with Crippen LogP contribution in [0.4, 0.5) is 23.4 Å². The zero-order chi connectivity index (χ0) is 26.0. The molecule has 1 amide bonds. The molecule has 0 aliphatic rings. The van der Waals surface area contributed by atoms with Crippen LogP contribution in [0.15, 0.2) is 34.7 Å². The van der Waals surface area contributed by atoms with Crippen LogP contribution in [0.5, 0.6) is 0 Å². The van der Waals surface area contributed by atoms with Gasteiger partial charge in [0.2, 0.25) is 15.7 Å². The fourth-order valence-corrected chi connectivity index (χ4v) is 4.95. The van der Waals surface area contributed by atoms with E-state index in [9.17, 15) is 30.8 Å². The van der Waals surface area contributed by atoms with E-state index in [4.69, 9.17) is 4.42 Å². The third-order valence-electron chi connectivity index (χ3n) is 5.09. The van der Waals surface area contributed by atoms with Crippen LogP contribution in [0, 0.1) is 5.82 Å². The Morgan fingerprint density at radius 1 is 1.23 bits per heavy atom. The number of pyridine rings is 1. The van der Waals surface area contributed by atoms with Gasteiger partial charge in [-0.3, -0.25) is 9.10 Å². The quantitative estimate of drug-likeness (QED) is 0.309. The highest BCUT2D eigenvalue weighted by Gasteiger charge is 2.30. The predicted molar refractivity (Wildman–Crippen MR) is 127 cm³/mol. The van der Waals surface area contributed by atoms with Gasteiger partial charge in [-0.05, 0) is 48.7 Å². The summed E-state index contributed by atoms with van der Waals surface area (Å²) in [4.78, 5) is 17.1. The Kier molecular flexibility index (Phi) is 8.00. The first-order valence-corrected chi connectivity index (χ1v) is 13.3. The van der Waals surface area contributed by atoms with E-state index in [1.165, 1.54) is 31.3 Å². The standard InChI is InChI=1S/C22H23F4N3O4S2/c1-4-13-12-16-17(20(30)27-2)18(14-6-8-15(23)9-7-14)33-21(16)28-19(13)29(35(3,31)32)10-5-11-34-22(24,25)26/h6-9,12H,4-5,10-11H2,1-3H3,(H,27,30). The average molecular weight is 534 g/mol. The molecule has 0 radical (unpaired) electrons. The highest BCUT2D eigenvalue weighted by molar-refractivity contribution is 8.00. The number of sulfonamides is 1. The van der Waals surface area contributed by atoms with Crippen molar-refractivity contribution >= 4 is 44.6 Å². The van der Waals surface area contributed by atoms with E-state index in [2.05, 4.69) is 10.3 Å². The lowest BCUT2D eigenvalue weighted by atomic mass is 10.0. The summed E-state index contributed by atoms with van der Waals surface area (Å²) in [5, 5.41) is 2.85. The third kappa shape index (κ3) is 6.26. The Morgan fingerprint density at radius 3 is 2.43 bits per heavy atom. The molecule has 0 atom stereocenters. The van der Waals surface area contributed by atoms with E-state index in [1.54, 1.807) is 13.0 Å². The van der Waals surface area contributed by atoms with Gasteiger partial charge in [0, 0.05) is 24.9 Å². The SMILES string of the molecule is CCc1cc2c(C(=O)NC)c(-c3ccc(F)cc3)oc2nc1N(CCCSC(F)(F)F)S(C)(=O)=O. The number of fused-ring (bicyclic) bond motifs is 1. The highest BCUT2D eigenvalue weighted by atomic mass is 32.2. The van der Waals surface area contributed by atoms with E-state index in [-0.39, 0.29) is 53.3 Å². The average Bonchev–Trinajstić information content (AvgIpc) is 3.14. The second kappa shape index (κ2) is 10.4. The van der Waals surface area contributed by atoms with Gasteiger partial charge in [-0.2, -0.15) is 18.2 Å². The van der Waals surface area contributed by atoms with E-state index in [0.29, 0.717) is 22.9 Å². The largest absolute Gasteiger partial charge is 0.441 e. The van der Waals surface area contributed by atoms with Crippen LogP contribution >= 0.6 is 11.8 Å². The molecular formula is C22H23F4N3O4S2. The van der Waals surface area contributed by atoms with Crippen molar-refractivity contribution in [1.82, 2.24) is 10.3 Å². The lowest BCUT2D eigenvalue weighted by molar-refractivity contribution is -0.0327. The molecule has 7 nitrogen and oxygen atoms in total. The van der Waals surface area contributed by atoms with Gasteiger partial charge in [0.25, 0.3) is 5.91 Å². The summed E-state index contributed by atoms with van der Waals surface area (Å²) in [6.07, 6.45) is 1.20. The molecule has 190 valence electrons. The van der Waals surface area contributed by atoms with Crippen molar-refractivity contribution in [3.8, 4) is 11.3 Å². The van der Waals surface area contributed by atoms with E-state index in [1.807, 2.05) is 0 Å². The number of alkyl halides is 3. The fourth-order valence-electron chi connectivity index (χ4n) is 3.51. The highest BCUT2D eigenvalue weighted by Crippen LogP contribution is 2.36. The summed E-state index contributed by atoms with van der Waals surface area (Å²) in [5.74, 6) is -1.15. The second-order valence-electron chi connectivity index (χ2n) is 7.55. The summed E-state index contributed by atoms with van der Waals surface area (Å²) >= 11 is -0.228. The van der Waals surface area contributed by atoms with Crippen LogP contribution in [0.1, 0.15) is 29.3 Å². The monoisotopic (exact) mass is 533 g/mol. The number of nitrogens with one attached hydrogen (secondary N) is 1. The third-order valence-corrected chi connectivity index (χ3v) is 7.06. The van der Waals surface area contributed by atoms with Crippen LogP contribution in [-0.4, -0.2) is 50.4 Å². The molecule has 3 aromatic rings. The van der Waals surface area contributed by atoms with Crippen molar-refractivity contribution in [2.24, 2.45) is 0 Å². The summed E-state index contributed by atoms with van der Waals surface area (Å²) in [5.41, 5.74) is -3.43. The maximum Gasteiger partial charge on any atom is 0.441 e. The number of thioether (sulfide) groups is 1. The first kappa shape index (κ1) is 26.8. The number of aryl methyl sites for hydroxylation is 1. The number of furan rings is 1. The van der Waals surface area contributed by atoms with E-state index in [0.717, 1.165) is 10.6 Å². The number of anilines is 1. The van der Waals surface area contributed by atoms with Crippen molar-refractivity contribution in [2.75, 3.05) is 29.9 Å². The Labute approximate surface area is 203 Å². The Bertz CT molecular complexity index is 1320. The topological polar surface area (TPSA) is 92.5 Å². The summed E-state index contributed by atoms with van der Waals surface area (Å²) < 4.78 is 82.7. The van der Waals surface area contributed by atoms with Crippen LogP contribution in [0.25, 0.3) is 22.4 Å². The summed E-state index contributed by atoms with van der Waals surface area (Å²) in [7, 11) is -2.47. The molecule has 0 fully saturated rings. The van der Waals surface area contributed by atoms with Gasteiger partial charge in [-0.25, -0.2) is 12.8 Å². The van der Waals surface area contributed by atoms with Gasteiger partial charge in [0.1, 0.15) is 17.4 Å². The molecule has 1 N–H and O–H groups in total. The van der Waals surface area contributed by atoms with Crippen LogP contribution in [0.3, 0.4) is 0 Å². The Balaban J connectivity index is 2.13. The molecular weight excluding hydrogens is 510 g/mol. The number of carbonyl (C=O) groups excluding carboxylic acids is 1. The number of hydrogen-bond acceptors (Lipinski definition) is 6. The Morgan fingerprint density at radius 2 is 1.89 bits per heavy atom. The first-order chi connectivity index (χ1) is 16.4. The molecule has 0 bridgehead atoms.